The van der Waals surface area contributed by atoms with Gasteiger partial charge >= 0.3 is 0 Å². The third-order valence-electron chi connectivity index (χ3n) is 2.49. The van der Waals surface area contributed by atoms with Crippen LogP contribution in [-0.4, -0.2) is 12.5 Å². The molecule has 3 nitrogen and oxygen atoms in total. The van der Waals surface area contributed by atoms with Gasteiger partial charge in [0.1, 0.15) is 5.75 Å². The summed E-state index contributed by atoms with van der Waals surface area (Å²) in [5.74, 6) is -4.66. The summed E-state index contributed by atoms with van der Waals surface area (Å²) in [5.41, 5.74) is -0.446. The fourth-order valence-corrected chi connectivity index (χ4v) is 1.75. The van der Waals surface area contributed by atoms with Crippen LogP contribution in [0.4, 0.5) is 18.9 Å². The van der Waals surface area contributed by atoms with Gasteiger partial charge in [-0.25, -0.2) is 13.2 Å². The molecule has 2 rings (SSSR count). The van der Waals surface area contributed by atoms with Gasteiger partial charge in [-0.05, 0) is 36.4 Å². The largest absolute Gasteiger partial charge is 0.484 e. The minimum atomic E-state index is -1.64. The normalized spacial score (nSPS) is 10.3. The van der Waals surface area contributed by atoms with Crippen molar-refractivity contribution >= 4 is 27.5 Å². The number of anilines is 1. The number of hydrogen-bond donors (Lipinski definition) is 1. The molecule has 0 atom stereocenters. The highest BCUT2D eigenvalue weighted by molar-refractivity contribution is 9.10. The second-order valence-corrected chi connectivity index (χ2v) is 4.93. The maximum atomic E-state index is 13.4. The topological polar surface area (TPSA) is 38.3 Å². The summed E-state index contributed by atoms with van der Waals surface area (Å²) in [6.45, 7) is -0.389. The van der Waals surface area contributed by atoms with Gasteiger partial charge < -0.3 is 10.1 Å². The van der Waals surface area contributed by atoms with Crippen LogP contribution in [0.1, 0.15) is 0 Å². The predicted molar refractivity (Wildman–Crippen MR) is 74.6 cm³/mol. The fraction of sp³-hybridized carbons (Fsp3) is 0.0714. The standard InChI is InChI=1S/C14H9BrF3NO2/c15-8-1-3-9(4-2-8)21-7-12(20)19-11-6-5-10(16)13(17)14(11)18/h1-6H,7H2,(H,19,20). The van der Waals surface area contributed by atoms with Crippen LogP contribution in [0.3, 0.4) is 0 Å². The molecule has 0 spiro atoms. The van der Waals surface area contributed by atoms with E-state index >= 15 is 0 Å². The highest BCUT2D eigenvalue weighted by atomic mass is 79.9. The van der Waals surface area contributed by atoms with Crippen molar-refractivity contribution in [3.63, 3.8) is 0 Å². The molecular weight excluding hydrogens is 351 g/mol. The van der Waals surface area contributed by atoms with Crippen molar-refractivity contribution in [2.24, 2.45) is 0 Å². The SMILES string of the molecule is O=C(COc1ccc(Br)cc1)Nc1ccc(F)c(F)c1F. The lowest BCUT2D eigenvalue weighted by molar-refractivity contribution is -0.118. The van der Waals surface area contributed by atoms with Crippen LogP contribution in [-0.2, 0) is 4.79 Å². The maximum Gasteiger partial charge on any atom is 0.262 e. The molecule has 1 amide bonds. The van der Waals surface area contributed by atoms with Crippen LogP contribution in [0.2, 0.25) is 0 Å². The van der Waals surface area contributed by atoms with Crippen LogP contribution in [0.5, 0.6) is 5.75 Å². The maximum absolute atomic E-state index is 13.4. The Labute approximate surface area is 126 Å². The second kappa shape index (κ2) is 6.62. The number of ether oxygens (including phenoxy) is 1. The quantitative estimate of drug-likeness (QED) is 0.841. The lowest BCUT2D eigenvalue weighted by Crippen LogP contribution is -2.21. The minimum absolute atomic E-state index is 0.389. The first-order valence-electron chi connectivity index (χ1n) is 5.79. The summed E-state index contributed by atoms with van der Waals surface area (Å²) in [4.78, 5) is 11.6. The van der Waals surface area contributed by atoms with E-state index in [1.165, 1.54) is 0 Å². The van der Waals surface area contributed by atoms with Crippen LogP contribution in [0, 0.1) is 17.5 Å². The van der Waals surface area contributed by atoms with Crippen molar-refractivity contribution in [3.05, 3.63) is 58.3 Å². The third kappa shape index (κ3) is 3.98. The molecule has 0 aromatic heterocycles. The third-order valence-corrected chi connectivity index (χ3v) is 3.02. The van der Waals surface area contributed by atoms with Crippen molar-refractivity contribution in [2.75, 3.05) is 11.9 Å². The fourth-order valence-electron chi connectivity index (χ4n) is 1.49. The highest BCUT2D eigenvalue weighted by Crippen LogP contribution is 2.20. The first-order valence-corrected chi connectivity index (χ1v) is 6.58. The van der Waals surface area contributed by atoms with Crippen molar-refractivity contribution in [1.29, 1.82) is 0 Å². The van der Waals surface area contributed by atoms with Crippen LogP contribution < -0.4 is 10.1 Å². The van der Waals surface area contributed by atoms with Gasteiger partial charge in [-0.15, -0.1) is 0 Å². The molecule has 2 aromatic rings. The van der Waals surface area contributed by atoms with Gasteiger partial charge in [0.15, 0.2) is 24.1 Å². The molecule has 0 bridgehead atoms. The van der Waals surface area contributed by atoms with Gasteiger partial charge in [0.2, 0.25) is 0 Å². The first kappa shape index (κ1) is 15.4. The number of benzene rings is 2. The van der Waals surface area contributed by atoms with Crippen molar-refractivity contribution in [2.45, 2.75) is 0 Å². The lowest BCUT2D eigenvalue weighted by atomic mass is 10.3. The number of nitrogens with one attached hydrogen (secondary N) is 1. The summed E-state index contributed by atoms with van der Waals surface area (Å²) >= 11 is 3.25. The molecule has 0 aliphatic heterocycles. The molecule has 0 unspecified atom stereocenters. The van der Waals surface area contributed by atoms with E-state index in [-0.39, 0.29) is 6.61 Å². The van der Waals surface area contributed by atoms with Crippen molar-refractivity contribution in [1.82, 2.24) is 0 Å². The summed E-state index contributed by atoms with van der Waals surface area (Å²) < 4.78 is 45.1. The minimum Gasteiger partial charge on any atom is -0.484 e. The molecule has 0 heterocycles. The average Bonchev–Trinajstić information content (AvgIpc) is 2.47. The molecule has 0 saturated carbocycles. The summed E-state index contributed by atoms with van der Waals surface area (Å²) in [6.07, 6.45) is 0. The monoisotopic (exact) mass is 359 g/mol. The van der Waals surface area contributed by atoms with Gasteiger partial charge in [0.25, 0.3) is 5.91 Å². The Bertz CT molecular complexity index is 662. The Morgan fingerprint density at radius 3 is 2.38 bits per heavy atom. The Balaban J connectivity index is 1.96. The van der Waals surface area contributed by atoms with E-state index in [2.05, 4.69) is 21.2 Å². The number of carbonyl (C=O) groups excluding carboxylic acids is 1. The summed E-state index contributed by atoms with van der Waals surface area (Å²) in [5, 5.41) is 2.11. The van der Waals surface area contributed by atoms with Crippen LogP contribution >= 0.6 is 15.9 Å². The predicted octanol–water partition coefficient (Wildman–Crippen LogP) is 3.88. The Morgan fingerprint density at radius 2 is 1.71 bits per heavy atom. The highest BCUT2D eigenvalue weighted by Gasteiger charge is 2.15. The van der Waals surface area contributed by atoms with Gasteiger partial charge in [-0.3, -0.25) is 4.79 Å². The first-order chi connectivity index (χ1) is 9.97. The van der Waals surface area contributed by atoms with E-state index < -0.39 is 29.0 Å². The Morgan fingerprint density at radius 1 is 1.05 bits per heavy atom. The van der Waals surface area contributed by atoms with E-state index in [9.17, 15) is 18.0 Å². The number of amides is 1. The molecule has 110 valence electrons. The Kier molecular flexibility index (Phi) is 4.85. The lowest BCUT2D eigenvalue weighted by Gasteiger charge is -2.09. The van der Waals surface area contributed by atoms with Crippen LogP contribution in [0.15, 0.2) is 40.9 Å². The van der Waals surface area contributed by atoms with Gasteiger partial charge in [-0.1, -0.05) is 15.9 Å². The smallest absolute Gasteiger partial charge is 0.262 e. The number of halogens is 4. The van der Waals surface area contributed by atoms with E-state index in [0.717, 1.165) is 16.6 Å². The van der Waals surface area contributed by atoms with E-state index in [0.29, 0.717) is 5.75 Å². The van der Waals surface area contributed by atoms with Crippen molar-refractivity contribution < 1.29 is 22.7 Å². The zero-order valence-electron chi connectivity index (χ0n) is 10.5. The summed E-state index contributed by atoms with van der Waals surface area (Å²) in [7, 11) is 0. The van der Waals surface area contributed by atoms with E-state index in [1.54, 1.807) is 24.3 Å². The van der Waals surface area contributed by atoms with Crippen molar-refractivity contribution in [3.8, 4) is 5.75 Å². The molecule has 0 aliphatic rings. The number of hydrogen-bond acceptors (Lipinski definition) is 2. The zero-order chi connectivity index (χ0) is 15.4. The zero-order valence-corrected chi connectivity index (χ0v) is 12.1. The molecule has 7 heteroatoms. The molecule has 0 radical (unpaired) electrons. The summed E-state index contributed by atoms with van der Waals surface area (Å²) in [6, 6.07) is 8.38. The van der Waals surface area contributed by atoms with Gasteiger partial charge in [0.05, 0.1) is 5.69 Å². The average molecular weight is 360 g/mol. The molecule has 1 N–H and O–H groups in total. The van der Waals surface area contributed by atoms with Gasteiger partial charge in [-0.2, -0.15) is 0 Å². The second-order valence-electron chi connectivity index (χ2n) is 4.01. The van der Waals surface area contributed by atoms with E-state index in [1.807, 2.05) is 0 Å². The molecule has 2 aromatic carbocycles. The number of rotatable bonds is 4. The molecule has 0 saturated heterocycles. The molecule has 0 aliphatic carbocycles. The van der Waals surface area contributed by atoms with E-state index in [4.69, 9.17) is 4.74 Å². The molecule has 21 heavy (non-hydrogen) atoms. The molecule has 0 fully saturated rings. The Hall–Kier alpha value is -2.02. The molecular formula is C14H9BrF3NO2. The number of carbonyl (C=O) groups is 1. The van der Waals surface area contributed by atoms with Gasteiger partial charge in [0, 0.05) is 4.47 Å². The van der Waals surface area contributed by atoms with Crippen LogP contribution in [0.25, 0.3) is 0 Å².